The molecule has 8 heteroatoms. The van der Waals surface area contributed by atoms with Crippen LogP contribution in [-0.4, -0.2) is 39.2 Å². The van der Waals surface area contributed by atoms with Crippen molar-refractivity contribution in [3.63, 3.8) is 0 Å². The van der Waals surface area contributed by atoms with Crippen molar-refractivity contribution in [3.8, 4) is 0 Å². The lowest BCUT2D eigenvalue weighted by Gasteiger charge is -2.24. The number of nitrogens with zero attached hydrogens (tertiary/aromatic N) is 3. The van der Waals surface area contributed by atoms with E-state index in [0.717, 1.165) is 22.5 Å². The van der Waals surface area contributed by atoms with Crippen LogP contribution in [0.3, 0.4) is 0 Å². The fraction of sp³-hybridized carbons (Fsp3) is 0.130. The molecular formula is C23H20N4O3S. The monoisotopic (exact) mass is 432 g/mol. The molecule has 0 saturated heterocycles. The van der Waals surface area contributed by atoms with Crippen LogP contribution in [0, 0.1) is 0 Å². The number of nitrogens with one attached hydrogen (secondary N) is 1. The Morgan fingerprint density at radius 1 is 0.968 bits per heavy atom. The molecule has 0 unspecified atom stereocenters. The second kappa shape index (κ2) is 6.95. The number of carbonyl (C=O) groups excluding carboxylic acids is 1. The third kappa shape index (κ3) is 3.25. The quantitative estimate of drug-likeness (QED) is 0.683. The van der Waals surface area contributed by atoms with Crippen molar-refractivity contribution >= 4 is 38.8 Å². The lowest BCUT2D eigenvalue weighted by atomic mass is 10.1. The standard InChI is InChI=1S/C23H20N4O3S/c1-26(2)17-8-10-18(11-9-17)31(29,30)25-16-7-12-21-15(13-16)14-27-22(24-21)19-5-3-4-6-20(19)23(27)28/h3-13,25H,14H2,1-2H3. The molecule has 0 fully saturated rings. The Morgan fingerprint density at radius 3 is 2.39 bits per heavy atom. The summed E-state index contributed by atoms with van der Waals surface area (Å²) in [5, 5.41) is 0. The van der Waals surface area contributed by atoms with E-state index in [1.165, 1.54) is 0 Å². The van der Waals surface area contributed by atoms with Gasteiger partial charge in [-0.05, 0) is 54.1 Å². The third-order valence-electron chi connectivity index (χ3n) is 5.45. The minimum absolute atomic E-state index is 0.0908. The van der Waals surface area contributed by atoms with E-state index < -0.39 is 10.0 Å². The molecule has 7 nitrogen and oxygen atoms in total. The number of hydrogen-bond donors (Lipinski definition) is 1. The number of benzene rings is 3. The van der Waals surface area contributed by atoms with Gasteiger partial charge < -0.3 is 4.90 Å². The number of amides is 1. The van der Waals surface area contributed by atoms with Crippen LogP contribution in [0.25, 0.3) is 0 Å². The van der Waals surface area contributed by atoms with Gasteiger partial charge in [0.05, 0.1) is 22.7 Å². The number of aliphatic imine (C=N–C) groups is 1. The summed E-state index contributed by atoms with van der Waals surface area (Å²) in [7, 11) is 0.0513. The first-order valence-electron chi connectivity index (χ1n) is 9.76. The second-order valence-corrected chi connectivity index (χ2v) is 9.39. The molecule has 0 aliphatic carbocycles. The molecule has 1 amide bonds. The Kier molecular flexibility index (Phi) is 4.33. The lowest BCUT2D eigenvalue weighted by Crippen LogP contribution is -2.31. The van der Waals surface area contributed by atoms with Crippen molar-refractivity contribution in [1.82, 2.24) is 4.90 Å². The van der Waals surface area contributed by atoms with Crippen LogP contribution in [-0.2, 0) is 16.6 Å². The molecule has 156 valence electrons. The molecule has 1 N–H and O–H groups in total. The van der Waals surface area contributed by atoms with Gasteiger partial charge >= 0.3 is 0 Å². The Bertz CT molecular complexity index is 1350. The molecule has 31 heavy (non-hydrogen) atoms. The summed E-state index contributed by atoms with van der Waals surface area (Å²) in [6, 6.07) is 19.3. The van der Waals surface area contributed by atoms with E-state index >= 15 is 0 Å². The number of anilines is 2. The minimum Gasteiger partial charge on any atom is -0.378 e. The van der Waals surface area contributed by atoms with Gasteiger partial charge in [-0.15, -0.1) is 0 Å². The van der Waals surface area contributed by atoms with Crippen LogP contribution < -0.4 is 9.62 Å². The van der Waals surface area contributed by atoms with Crippen LogP contribution in [0.2, 0.25) is 0 Å². The van der Waals surface area contributed by atoms with Crippen LogP contribution in [0.5, 0.6) is 0 Å². The van der Waals surface area contributed by atoms with Crippen molar-refractivity contribution in [2.24, 2.45) is 4.99 Å². The van der Waals surface area contributed by atoms with Gasteiger partial charge in [-0.3, -0.25) is 14.4 Å². The van der Waals surface area contributed by atoms with Crippen molar-refractivity contribution in [3.05, 3.63) is 83.4 Å². The molecule has 5 rings (SSSR count). The van der Waals surface area contributed by atoms with E-state index in [0.29, 0.717) is 23.6 Å². The van der Waals surface area contributed by atoms with Gasteiger partial charge in [-0.1, -0.05) is 18.2 Å². The van der Waals surface area contributed by atoms with E-state index in [1.807, 2.05) is 37.2 Å². The molecule has 2 aliphatic rings. The van der Waals surface area contributed by atoms with Crippen molar-refractivity contribution in [1.29, 1.82) is 0 Å². The maximum Gasteiger partial charge on any atom is 0.261 e. The van der Waals surface area contributed by atoms with E-state index in [9.17, 15) is 13.2 Å². The first-order chi connectivity index (χ1) is 14.8. The van der Waals surface area contributed by atoms with Crippen LogP contribution in [0.4, 0.5) is 17.1 Å². The Hall–Kier alpha value is -3.65. The van der Waals surface area contributed by atoms with Gasteiger partial charge in [0.25, 0.3) is 15.9 Å². The molecule has 0 aromatic heterocycles. The highest BCUT2D eigenvalue weighted by atomic mass is 32.2. The summed E-state index contributed by atoms with van der Waals surface area (Å²) in [5.41, 5.74) is 4.32. The highest BCUT2D eigenvalue weighted by Crippen LogP contribution is 2.35. The SMILES string of the molecule is CN(C)c1ccc(S(=O)(=O)Nc2ccc3c(c2)CN2C(=O)c4ccccc4C2=N3)cc1. The molecule has 0 spiro atoms. The molecule has 3 aromatic carbocycles. The fourth-order valence-electron chi connectivity index (χ4n) is 3.83. The summed E-state index contributed by atoms with van der Waals surface area (Å²) in [4.78, 5) is 21.1. The predicted octanol–water partition coefficient (Wildman–Crippen LogP) is 3.60. The van der Waals surface area contributed by atoms with Crippen molar-refractivity contribution < 1.29 is 13.2 Å². The summed E-state index contributed by atoms with van der Waals surface area (Å²) in [5.74, 6) is 0.550. The minimum atomic E-state index is -3.74. The zero-order chi connectivity index (χ0) is 21.8. The van der Waals surface area contributed by atoms with Gasteiger partial charge in [0.2, 0.25) is 0 Å². The topological polar surface area (TPSA) is 82.1 Å². The molecule has 2 aliphatic heterocycles. The Labute approximate surface area is 180 Å². The number of sulfonamides is 1. The number of hydrogen-bond acceptors (Lipinski definition) is 5. The van der Waals surface area contributed by atoms with Gasteiger partial charge in [0, 0.05) is 31.0 Å². The maximum atomic E-state index is 12.8. The average molecular weight is 433 g/mol. The molecule has 0 radical (unpaired) electrons. The maximum absolute atomic E-state index is 12.8. The average Bonchev–Trinajstić information content (AvgIpc) is 3.04. The second-order valence-electron chi connectivity index (χ2n) is 7.71. The smallest absolute Gasteiger partial charge is 0.261 e. The molecular weight excluding hydrogens is 412 g/mol. The molecule has 0 bridgehead atoms. The van der Waals surface area contributed by atoms with Gasteiger partial charge in [0.1, 0.15) is 5.84 Å². The Balaban J connectivity index is 1.44. The lowest BCUT2D eigenvalue weighted by molar-refractivity contribution is 0.0851. The van der Waals surface area contributed by atoms with Gasteiger partial charge in [0.15, 0.2) is 0 Å². The van der Waals surface area contributed by atoms with E-state index in [2.05, 4.69) is 9.71 Å². The molecule has 3 aromatic rings. The molecule has 2 heterocycles. The van der Waals surface area contributed by atoms with Crippen molar-refractivity contribution in [2.45, 2.75) is 11.4 Å². The highest BCUT2D eigenvalue weighted by Gasteiger charge is 2.36. The summed E-state index contributed by atoms with van der Waals surface area (Å²) < 4.78 is 28.3. The van der Waals surface area contributed by atoms with Crippen LogP contribution in [0.15, 0.2) is 76.6 Å². The molecule has 0 saturated carbocycles. The first-order valence-corrected chi connectivity index (χ1v) is 11.2. The largest absolute Gasteiger partial charge is 0.378 e. The Morgan fingerprint density at radius 2 is 1.68 bits per heavy atom. The highest BCUT2D eigenvalue weighted by molar-refractivity contribution is 7.92. The number of amidine groups is 1. The van der Waals surface area contributed by atoms with Crippen molar-refractivity contribution in [2.75, 3.05) is 23.7 Å². The van der Waals surface area contributed by atoms with Gasteiger partial charge in [-0.2, -0.15) is 0 Å². The van der Waals surface area contributed by atoms with Gasteiger partial charge in [-0.25, -0.2) is 13.4 Å². The zero-order valence-electron chi connectivity index (χ0n) is 17.0. The zero-order valence-corrected chi connectivity index (χ0v) is 17.8. The number of rotatable bonds is 4. The van der Waals surface area contributed by atoms with Crippen LogP contribution >= 0.6 is 0 Å². The van der Waals surface area contributed by atoms with E-state index in [4.69, 9.17) is 0 Å². The fourth-order valence-corrected chi connectivity index (χ4v) is 4.88. The number of carbonyl (C=O) groups is 1. The first kappa shape index (κ1) is 19.3. The predicted molar refractivity (Wildman–Crippen MR) is 121 cm³/mol. The normalized spacial score (nSPS) is 14.5. The summed E-state index contributed by atoms with van der Waals surface area (Å²) >= 11 is 0. The summed E-state index contributed by atoms with van der Waals surface area (Å²) in [6.07, 6.45) is 0. The molecule has 0 atom stereocenters. The van der Waals surface area contributed by atoms with E-state index in [-0.39, 0.29) is 10.8 Å². The third-order valence-corrected chi connectivity index (χ3v) is 6.85. The van der Waals surface area contributed by atoms with Crippen LogP contribution in [0.1, 0.15) is 21.5 Å². The summed E-state index contributed by atoms with van der Waals surface area (Å²) in [6.45, 7) is 0.342. The van der Waals surface area contributed by atoms with E-state index in [1.54, 1.807) is 53.4 Å². The number of fused-ring (bicyclic) bond motifs is 4.